The summed E-state index contributed by atoms with van der Waals surface area (Å²) in [6, 6.07) is 0. The Kier molecular flexibility index (Phi) is 36.9. The first-order valence-electron chi connectivity index (χ1n) is 21.6. The molecule has 328 valence electrons. The quantitative estimate of drug-likeness (QED) is 0.0217. The van der Waals surface area contributed by atoms with Crippen LogP contribution >= 0.6 is 7.82 Å². The zero-order chi connectivity index (χ0) is 42.8. The number of nitrogens with zero attached hydrogens (tertiary/aromatic N) is 1. The van der Waals surface area contributed by atoms with E-state index in [0.717, 1.165) is 83.5 Å². The summed E-state index contributed by atoms with van der Waals surface area (Å²) in [7, 11) is 1.40. The topological polar surface area (TPSA) is 108 Å². The van der Waals surface area contributed by atoms with Crippen molar-refractivity contribution in [3.8, 4) is 0 Å². The van der Waals surface area contributed by atoms with Gasteiger partial charge in [0.1, 0.15) is 19.8 Å². The van der Waals surface area contributed by atoms with Crippen LogP contribution in [0.4, 0.5) is 0 Å². The van der Waals surface area contributed by atoms with Gasteiger partial charge in [0.25, 0.3) is 0 Å². The van der Waals surface area contributed by atoms with Crippen molar-refractivity contribution < 1.29 is 42.1 Å². The van der Waals surface area contributed by atoms with Crippen molar-refractivity contribution in [2.24, 2.45) is 0 Å². The monoisotopic (exact) mass is 829 g/mol. The molecular weight excluding hydrogens is 750 g/mol. The summed E-state index contributed by atoms with van der Waals surface area (Å²) >= 11 is 0. The molecule has 0 aromatic rings. The first-order chi connectivity index (χ1) is 28.0. The number of rotatable bonds is 37. The van der Waals surface area contributed by atoms with Gasteiger partial charge >= 0.3 is 19.8 Å². The van der Waals surface area contributed by atoms with Gasteiger partial charge in [-0.1, -0.05) is 136 Å². The number of unbranched alkanes of at least 4 members (excludes halogenated alkanes) is 5. The molecule has 0 aliphatic carbocycles. The van der Waals surface area contributed by atoms with Gasteiger partial charge < -0.3 is 18.9 Å². The number of esters is 2. The Morgan fingerprint density at radius 2 is 1.00 bits per heavy atom. The molecule has 0 amide bonds. The van der Waals surface area contributed by atoms with Crippen molar-refractivity contribution in [3.63, 3.8) is 0 Å². The fourth-order valence-corrected chi connectivity index (χ4v) is 5.66. The first-order valence-corrected chi connectivity index (χ1v) is 23.1. The molecule has 0 aliphatic heterocycles. The highest BCUT2D eigenvalue weighted by Crippen LogP contribution is 2.43. The summed E-state index contributed by atoms with van der Waals surface area (Å²) in [6.45, 7) is 4.10. The largest absolute Gasteiger partial charge is 0.472 e. The van der Waals surface area contributed by atoms with Crippen LogP contribution in [0.5, 0.6) is 0 Å². The zero-order valence-corrected chi connectivity index (χ0v) is 37.6. The lowest BCUT2D eigenvalue weighted by molar-refractivity contribution is -0.870. The lowest BCUT2D eigenvalue weighted by Crippen LogP contribution is -2.37. The van der Waals surface area contributed by atoms with E-state index in [1.165, 1.54) is 6.42 Å². The zero-order valence-electron chi connectivity index (χ0n) is 36.7. The van der Waals surface area contributed by atoms with E-state index < -0.39 is 32.5 Å². The summed E-state index contributed by atoms with van der Waals surface area (Å²) in [5.41, 5.74) is 0. The maximum atomic E-state index is 12.7. The van der Waals surface area contributed by atoms with Gasteiger partial charge in [-0.25, -0.2) is 4.57 Å². The van der Waals surface area contributed by atoms with E-state index in [2.05, 4.69) is 117 Å². The summed E-state index contributed by atoms with van der Waals surface area (Å²) < 4.78 is 34.2. The number of phosphoric ester groups is 1. The molecular formula is C48H79NO8P+. The van der Waals surface area contributed by atoms with Crippen LogP contribution < -0.4 is 0 Å². The molecule has 0 aliphatic rings. The minimum absolute atomic E-state index is 0.00950. The normalized spacial score (nSPS) is 14.7. The van der Waals surface area contributed by atoms with Gasteiger partial charge in [0, 0.05) is 12.8 Å². The Morgan fingerprint density at radius 3 is 1.48 bits per heavy atom. The standard InChI is InChI=1S/C48H78NO8P/c1-6-8-10-12-14-16-18-20-22-24-26-28-30-32-34-36-38-40-47(50)54-44-46(45-56-58(52,53)55-43-42-49(3,4)5)57-48(51)41-39-37-35-33-31-29-27-25-23-21-19-17-15-13-11-9-7-2/h8,10-11,13-14,16-17,19-20,22-23,25-26,28-29,31-32,34,46H,6-7,9,12,15,18,21,24,27,30,33,35-45H2,1-5H3/p+1/b10-8+,13-11+,16-14+,19-17+,22-20+,25-23+,28-26+,31-29+,34-32+/t46-/m1/s1. The maximum Gasteiger partial charge on any atom is 0.472 e. The van der Waals surface area contributed by atoms with Crippen LogP contribution in [0, 0.1) is 0 Å². The van der Waals surface area contributed by atoms with E-state index in [0.29, 0.717) is 23.9 Å². The van der Waals surface area contributed by atoms with Crippen molar-refractivity contribution >= 4 is 19.8 Å². The molecule has 0 saturated heterocycles. The van der Waals surface area contributed by atoms with E-state index in [1.807, 2.05) is 27.2 Å². The summed E-state index contributed by atoms with van der Waals surface area (Å²) in [6.07, 6.45) is 52.9. The third kappa shape index (κ3) is 42.3. The molecule has 1 N–H and O–H groups in total. The van der Waals surface area contributed by atoms with Crippen LogP contribution in [0.25, 0.3) is 0 Å². The third-order valence-electron chi connectivity index (χ3n) is 8.27. The van der Waals surface area contributed by atoms with Gasteiger partial charge in [-0.15, -0.1) is 0 Å². The van der Waals surface area contributed by atoms with Gasteiger partial charge in [0.15, 0.2) is 6.10 Å². The van der Waals surface area contributed by atoms with Crippen molar-refractivity contribution in [3.05, 3.63) is 109 Å². The molecule has 9 nitrogen and oxygen atoms in total. The number of carbonyl (C=O) groups excluding carboxylic acids is 2. The minimum Gasteiger partial charge on any atom is -0.462 e. The van der Waals surface area contributed by atoms with Crippen LogP contribution in [-0.2, 0) is 32.7 Å². The second-order valence-electron chi connectivity index (χ2n) is 15.0. The maximum absolute atomic E-state index is 12.7. The van der Waals surface area contributed by atoms with E-state index in [4.69, 9.17) is 18.5 Å². The smallest absolute Gasteiger partial charge is 0.462 e. The molecule has 0 rings (SSSR count). The number of ether oxygens (including phenoxy) is 2. The van der Waals surface area contributed by atoms with Crippen LogP contribution in [0.2, 0.25) is 0 Å². The van der Waals surface area contributed by atoms with Gasteiger partial charge in [0.2, 0.25) is 0 Å². The predicted octanol–water partition coefficient (Wildman–Crippen LogP) is 12.3. The van der Waals surface area contributed by atoms with Crippen molar-refractivity contribution in [1.29, 1.82) is 0 Å². The SMILES string of the molecule is CC/C=C/C/C=C/C/C=C/C/C=C/C/C=C/CCCC(=O)OC[C@H](COP(=O)(O)OCC[N+](C)(C)C)OC(=O)CCCCC/C=C/C/C=C/C/C=C/C/C=C/CCC. The first kappa shape index (κ1) is 54.7. The molecule has 2 atom stereocenters. The van der Waals surface area contributed by atoms with E-state index in [9.17, 15) is 19.0 Å². The van der Waals surface area contributed by atoms with Crippen molar-refractivity contribution in [1.82, 2.24) is 0 Å². The molecule has 0 spiro atoms. The second-order valence-corrected chi connectivity index (χ2v) is 16.4. The highest BCUT2D eigenvalue weighted by atomic mass is 31.2. The Hall–Kier alpha value is -3.33. The van der Waals surface area contributed by atoms with E-state index in [1.54, 1.807) is 0 Å². The molecule has 0 radical (unpaired) electrons. The van der Waals surface area contributed by atoms with Crippen LogP contribution in [0.15, 0.2) is 109 Å². The highest BCUT2D eigenvalue weighted by Gasteiger charge is 2.27. The number of hydrogen-bond donors (Lipinski definition) is 1. The number of quaternary nitrogens is 1. The van der Waals surface area contributed by atoms with Crippen LogP contribution in [0.3, 0.4) is 0 Å². The Balaban J connectivity index is 4.56. The molecule has 0 heterocycles. The minimum atomic E-state index is -4.40. The lowest BCUT2D eigenvalue weighted by Gasteiger charge is -2.24. The molecule has 0 saturated carbocycles. The summed E-state index contributed by atoms with van der Waals surface area (Å²) in [5, 5.41) is 0. The molecule has 0 aromatic heterocycles. The molecule has 0 aromatic carbocycles. The molecule has 1 unspecified atom stereocenters. The Morgan fingerprint density at radius 1 is 0.552 bits per heavy atom. The highest BCUT2D eigenvalue weighted by molar-refractivity contribution is 7.47. The van der Waals surface area contributed by atoms with Gasteiger partial charge in [-0.3, -0.25) is 18.6 Å². The summed E-state index contributed by atoms with van der Waals surface area (Å²) in [5.74, 6) is -0.917. The molecule has 58 heavy (non-hydrogen) atoms. The number of likely N-dealkylation sites (N-methyl/N-ethyl adjacent to an activating group) is 1. The average molecular weight is 829 g/mol. The second kappa shape index (κ2) is 39.1. The third-order valence-corrected chi connectivity index (χ3v) is 9.25. The van der Waals surface area contributed by atoms with Crippen LogP contribution in [0.1, 0.15) is 129 Å². The summed E-state index contributed by atoms with van der Waals surface area (Å²) in [4.78, 5) is 35.3. The van der Waals surface area contributed by atoms with E-state index >= 15 is 0 Å². The molecule has 0 fully saturated rings. The van der Waals surface area contributed by atoms with Crippen molar-refractivity contribution in [2.75, 3.05) is 47.5 Å². The Bertz CT molecular complexity index is 1350. The van der Waals surface area contributed by atoms with Gasteiger partial charge in [-0.05, 0) is 89.9 Å². The van der Waals surface area contributed by atoms with Crippen molar-refractivity contribution in [2.45, 2.75) is 136 Å². The number of carbonyl (C=O) groups is 2. The van der Waals surface area contributed by atoms with Gasteiger partial charge in [0.05, 0.1) is 27.7 Å². The molecule has 0 bridgehead atoms. The number of hydrogen-bond acceptors (Lipinski definition) is 7. The number of allylic oxidation sites excluding steroid dienone is 18. The van der Waals surface area contributed by atoms with Gasteiger partial charge in [-0.2, -0.15) is 0 Å². The lowest BCUT2D eigenvalue weighted by atomic mass is 10.1. The predicted molar refractivity (Wildman–Crippen MR) is 242 cm³/mol. The fraction of sp³-hybridized carbons (Fsp3) is 0.583. The van der Waals surface area contributed by atoms with Crippen LogP contribution in [-0.4, -0.2) is 74.9 Å². The fourth-order valence-electron chi connectivity index (χ4n) is 4.92. The molecule has 10 heteroatoms. The van der Waals surface area contributed by atoms with E-state index in [-0.39, 0.29) is 26.1 Å². The number of phosphoric acid groups is 1. The average Bonchev–Trinajstić information content (AvgIpc) is 3.17. The Labute approximate surface area is 353 Å².